The van der Waals surface area contributed by atoms with E-state index in [0.29, 0.717) is 0 Å². The molecule has 0 unspecified atom stereocenters. The molecule has 83 valence electrons. The molecule has 16 heavy (non-hydrogen) atoms. The Labute approximate surface area is 94.9 Å². The fourth-order valence-corrected chi connectivity index (χ4v) is 1.57. The zero-order valence-corrected chi connectivity index (χ0v) is 9.24. The smallest absolute Gasteiger partial charge is 0.134 e. The van der Waals surface area contributed by atoms with Gasteiger partial charge in [0.25, 0.3) is 0 Å². The Bertz CT molecular complexity index is 442. The van der Waals surface area contributed by atoms with Gasteiger partial charge in [0.1, 0.15) is 17.3 Å². The van der Waals surface area contributed by atoms with Crippen LogP contribution in [0.3, 0.4) is 0 Å². The average molecular weight is 217 g/mol. The van der Waals surface area contributed by atoms with Gasteiger partial charge in [-0.05, 0) is 49.2 Å². The Morgan fingerprint density at radius 1 is 1.12 bits per heavy atom. The number of hydrogen-bond donors (Lipinski definition) is 0. The molecule has 0 N–H and O–H groups in total. The molecule has 0 amide bonds. The molecule has 1 aromatic carbocycles. The van der Waals surface area contributed by atoms with E-state index in [0.717, 1.165) is 29.9 Å². The molecule has 2 heteroatoms. The van der Waals surface area contributed by atoms with Crippen molar-refractivity contribution in [2.45, 2.75) is 19.8 Å². The first-order chi connectivity index (χ1) is 7.79. The van der Waals surface area contributed by atoms with Crippen molar-refractivity contribution in [3.05, 3.63) is 54.4 Å². The summed E-state index contributed by atoms with van der Waals surface area (Å²) in [5.41, 5.74) is 0.910. The minimum Gasteiger partial charge on any atom is -0.461 e. The highest BCUT2D eigenvalue weighted by Crippen LogP contribution is 2.23. The van der Waals surface area contributed by atoms with Crippen LogP contribution in [0.2, 0.25) is 0 Å². The molecule has 1 nitrogen and oxygen atoms in total. The summed E-state index contributed by atoms with van der Waals surface area (Å²) in [4.78, 5) is 0. The van der Waals surface area contributed by atoms with Gasteiger partial charge >= 0.3 is 0 Å². The standard InChI is InChI=1S/C14H14FO/c1-2-3-4-13-9-10-14(16-13)11-5-7-12(15)8-6-11/h2,5-10H,3-4H2,1H3. The third-order valence-corrected chi connectivity index (χ3v) is 2.47. The Morgan fingerprint density at radius 3 is 2.56 bits per heavy atom. The van der Waals surface area contributed by atoms with E-state index in [4.69, 9.17) is 4.42 Å². The van der Waals surface area contributed by atoms with Crippen molar-refractivity contribution in [2.75, 3.05) is 0 Å². The molecular formula is C14H14FO. The molecule has 0 saturated heterocycles. The molecule has 1 heterocycles. The van der Waals surface area contributed by atoms with Crippen LogP contribution in [0.25, 0.3) is 11.3 Å². The molecule has 0 aliphatic rings. The van der Waals surface area contributed by atoms with E-state index >= 15 is 0 Å². The predicted molar refractivity (Wildman–Crippen MR) is 62.4 cm³/mol. The highest BCUT2D eigenvalue weighted by molar-refractivity contribution is 5.57. The molecule has 0 aliphatic carbocycles. The normalized spacial score (nSPS) is 10.6. The van der Waals surface area contributed by atoms with Gasteiger partial charge < -0.3 is 4.42 Å². The van der Waals surface area contributed by atoms with Crippen LogP contribution in [0.1, 0.15) is 19.1 Å². The lowest BCUT2D eigenvalue weighted by Crippen LogP contribution is -1.80. The third-order valence-electron chi connectivity index (χ3n) is 2.47. The molecule has 0 aliphatic heterocycles. The van der Waals surface area contributed by atoms with Crippen molar-refractivity contribution in [1.82, 2.24) is 0 Å². The molecule has 0 fully saturated rings. The maximum atomic E-state index is 12.7. The summed E-state index contributed by atoms with van der Waals surface area (Å²) < 4.78 is 18.4. The molecule has 1 radical (unpaired) electrons. The Balaban J connectivity index is 2.15. The lowest BCUT2D eigenvalue weighted by atomic mass is 10.2. The number of furan rings is 1. The lowest BCUT2D eigenvalue weighted by Gasteiger charge is -1.97. The van der Waals surface area contributed by atoms with E-state index in [1.54, 1.807) is 12.1 Å². The first-order valence-electron chi connectivity index (χ1n) is 5.42. The van der Waals surface area contributed by atoms with Crippen molar-refractivity contribution in [3.8, 4) is 11.3 Å². The van der Waals surface area contributed by atoms with Crippen molar-refractivity contribution in [2.24, 2.45) is 0 Å². The highest BCUT2D eigenvalue weighted by Gasteiger charge is 2.04. The molecule has 0 bridgehead atoms. The largest absolute Gasteiger partial charge is 0.461 e. The summed E-state index contributed by atoms with van der Waals surface area (Å²) in [5, 5.41) is 0. The van der Waals surface area contributed by atoms with Gasteiger partial charge in [0, 0.05) is 12.0 Å². The van der Waals surface area contributed by atoms with Crippen LogP contribution in [0, 0.1) is 12.2 Å². The number of benzene rings is 1. The van der Waals surface area contributed by atoms with Crippen molar-refractivity contribution in [1.29, 1.82) is 0 Å². The third kappa shape index (κ3) is 2.51. The van der Waals surface area contributed by atoms with Crippen LogP contribution in [-0.2, 0) is 6.42 Å². The minimum absolute atomic E-state index is 0.226. The first-order valence-corrected chi connectivity index (χ1v) is 5.42. The summed E-state index contributed by atoms with van der Waals surface area (Å²) in [6, 6.07) is 10.2. The molecule has 2 rings (SSSR count). The average Bonchev–Trinajstić information content (AvgIpc) is 2.76. The van der Waals surface area contributed by atoms with Crippen molar-refractivity contribution in [3.63, 3.8) is 0 Å². The Hall–Kier alpha value is -1.57. The topological polar surface area (TPSA) is 13.1 Å². The fraction of sp³-hybridized carbons (Fsp3) is 0.214. The number of hydrogen-bond acceptors (Lipinski definition) is 1. The summed E-state index contributed by atoms with van der Waals surface area (Å²) >= 11 is 0. The van der Waals surface area contributed by atoms with E-state index in [-0.39, 0.29) is 5.82 Å². The molecular weight excluding hydrogens is 203 g/mol. The Kier molecular flexibility index (Phi) is 3.40. The van der Waals surface area contributed by atoms with Gasteiger partial charge in [-0.25, -0.2) is 4.39 Å². The van der Waals surface area contributed by atoms with Gasteiger partial charge in [-0.15, -0.1) is 0 Å². The van der Waals surface area contributed by atoms with Crippen molar-refractivity contribution >= 4 is 0 Å². The van der Waals surface area contributed by atoms with Crippen LogP contribution < -0.4 is 0 Å². The van der Waals surface area contributed by atoms with Crippen molar-refractivity contribution < 1.29 is 8.81 Å². The van der Waals surface area contributed by atoms with Gasteiger partial charge in [-0.2, -0.15) is 0 Å². The van der Waals surface area contributed by atoms with Gasteiger partial charge in [0.2, 0.25) is 0 Å². The summed E-state index contributed by atoms with van der Waals surface area (Å²) in [6.07, 6.45) is 4.04. The minimum atomic E-state index is -0.226. The number of rotatable bonds is 4. The molecule has 2 aromatic rings. The monoisotopic (exact) mass is 217 g/mol. The predicted octanol–water partition coefficient (Wildman–Crippen LogP) is 4.24. The fourth-order valence-electron chi connectivity index (χ4n) is 1.57. The summed E-state index contributed by atoms with van der Waals surface area (Å²) in [5.74, 6) is 1.54. The zero-order valence-electron chi connectivity index (χ0n) is 9.24. The number of aryl methyl sites for hydroxylation is 1. The SMILES string of the molecule is C[CH]CCc1ccc(-c2ccc(F)cc2)o1. The van der Waals surface area contributed by atoms with Crippen LogP contribution in [0.15, 0.2) is 40.8 Å². The van der Waals surface area contributed by atoms with Crippen LogP contribution in [0.5, 0.6) is 0 Å². The highest BCUT2D eigenvalue weighted by atomic mass is 19.1. The lowest BCUT2D eigenvalue weighted by molar-refractivity contribution is 0.520. The van der Waals surface area contributed by atoms with E-state index < -0.39 is 0 Å². The first kappa shape index (κ1) is 10.9. The number of unbranched alkanes of at least 4 members (excludes halogenated alkanes) is 1. The van der Waals surface area contributed by atoms with Crippen LogP contribution >= 0.6 is 0 Å². The quantitative estimate of drug-likeness (QED) is 0.746. The van der Waals surface area contributed by atoms with Crippen LogP contribution in [0.4, 0.5) is 4.39 Å². The molecule has 0 atom stereocenters. The van der Waals surface area contributed by atoms with Gasteiger partial charge in [-0.3, -0.25) is 0 Å². The van der Waals surface area contributed by atoms with E-state index in [1.165, 1.54) is 12.1 Å². The summed E-state index contributed by atoms with van der Waals surface area (Å²) in [7, 11) is 0. The summed E-state index contributed by atoms with van der Waals surface area (Å²) in [6.45, 7) is 2.03. The number of halogens is 1. The Morgan fingerprint density at radius 2 is 1.88 bits per heavy atom. The van der Waals surface area contributed by atoms with Gasteiger partial charge in [0.15, 0.2) is 0 Å². The maximum Gasteiger partial charge on any atom is 0.134 e. The van der Waals surface area contributed by atoms with Gasteiger partial charge in [0.05, 0.1) is 0 Å². The van der Waals surface area contributed by atoms with E-state index in [2.05, 4.69) is 6.42 Å². The van der Waals surface area contributed by atoms with Crippen LogP contribution in [-0.4, -0.2) is 0 Å². The molecule has 1 aromatic heterocycles. The maximum absolute atomic E-state index is 12.7. The molecule has 0 spiro atoms. The second kappa shape index (κ2) is 4.97. The second-order valence-electron chi connectivity index (χ2n) is 3.72. The van der Waals surface area contributed by atoms with Gasteiger partial charge in [-0.1, -0.05) is 6.92 Å². The zero-order chi connectivity index (χ0) is 11.4. The van der Waals surface area contributed by atoms with E-state index in [1.807, 2.05) is 19.1 Å². The second-order valence-corrected chi connectivity index (χ2v) is 3.72. The van der Waals surface area contributed by atoms with E-state index in [9.17, 15) is 4.39 Å². The molecule has 0 saturated carbocycles.